The Balaban J connectivity index is 1.82. The van der Waals surface area contributed by atoms with Crippen LogP contribution in [0.5, 0.6) is 0 Å². The van der Waals surface area contributed by atoms with E-state index in [4.69, 9.17) is 10.5 Å². The van der Waals surface area contributed by atoms with Crippen LogP contribution in [0.3, 0.4) is 0 Å². The minimum Gasteiger partial charge on any atom is -0.380 e. The van der Waals surface area contributed by atoms with Gasteiger partial charge in [-0.15, -0.1) is 0 Å². The lowest BCUT2D eigenvalue weighted by Crippen LogP contribution is -2.27. The third-order valence-corrected chi connectivity index (χ3v) is 2.87. The predicted molar refractivity (Wildman–Crippen MR) is 59.3 cm³/mol. The number of rotatable bonds is 7. The van der Waals surface area contributed by atoms with Gasteiger partial charge < -0.3 is 15.8 Å². The van der Waals surface area contributed by atoms with Crippen LogP contribution < -0.4 is 11.1 Å². The van der Waals surface area contributed by atoms with Crippen LogP contribution in [-0.4, -0.2) is 32.8 Å². The molecule has 1 aliphatic rings. The van der Waals surface area contributed by atoms with Crippen LogP contribution in [0.2, 0.25) is 0 Å². The largest absolute Gasteiger partial charge is 0.380 e. The highest BCUT2D eigenvalue weighted by molar-refractivity contribution is 4.68. The topological polar surface area (TPSA) is 47.3 Å². The summed E-state index contributed by atoms with van der Waals surface area (Å²) in [7, 11) is 0. The van der Waals surface area contributed by atoms with Gasteiger partial charge in [-0.2, -0.15) is 0 Å². The maximum atomic E-state index is 5.33. The number of piperidine rings is 1. The Morgan fingerprint density at radius 1 is 1.14 bits per heavy atom. The van der Waals surface area contributed by atoms with E-state index >= 15 is 0 Å². The fourth-order valence-corrected chi connectivity index (χ4v) is 1.99. The molecule has 0 spiro atoms. The van der Waals surface area contributed by atoms with E-state index in [0.717, 1.165) is 12.5 Å². The number of nitrogens with one attached hydrogen (secondary N) is 1. The third kappa shape index (κ3) is 5.58. The minimum atomic E-state index is 0.647. The summed E-state index contributed by atoms with van der Waals surface area (Å²) in [6, 6.07) is 0. The third-order valence-electron chi connectivity index (χ3n) is 2.87. The van der Waals surface area contributed by atoms with Gasteiger partial charge in [-0.25, -0.2) is 0 Å². The molecule has 0 aromatic rings. The molecule has 3 heteroatoms. The first-order chi connectivity index (χ1) is 6.93. The van der Waals surface area contributed by atoms with E-state index in [2.05, 4.69) is 5.32 Å². The van der Waals surface area contributed by atoms with E-state index in [1.807, 2.05) is 0 Å². The Hall–Kier alpha value is -0.120. The molecule has 1 aliphatic heterocycles. The summed E-state index contributed by atoms with van der Waals surface area (Å²) in [5, 5.41) is 3.39. The van der Waals surface area contributed by atoms with Gasteiger partial charge in [0.2, 0.25) is 0 Å². The van der Waals surface area contributed by atoms with Gasteiger partial charge in [0.25, 0.3) is 0 Å². The van der Waals surface area contributed by atoms with E-state index in [0.29, 0.717) is 13.2 Å². The molecule has 0 bridgehead atoms. The second kappa shape index (κ2) is 8.21. The summed E-state index contributed by atoms with van der Waals surface area (Å²) in [6.45, 7) is 4.69. The second-order valence-electron chi connectivity index (χ2n) is 4.09. The van der Waals surface area contributed by atoms with Gasteiger partial charge in [0.1, 0.15) is 0 Å². The molecule has 1 heterocycles. The van der Waals surface area contributed by atoms with Crippen molar-refractivity contribution in [1.82, 2.24) is 5.32 Å². The number of hydrogen-bond donors (Lipinski definition) is 2. The Morgan fingerprint density at radius 3 is 2.64 bits per heavy atom. The molecule has 3 N–H and O–H groups in total. The highest BCUT2D eigenvalue weighted by Crippen LogP contribution is 2.18. The van der Waals surface area contributed by atoms with Crippen molar-refractivity contribution >= 4 is 0 Å². The Morgan fingerprint density at radius 2 is 1.93 bits per heavy atom. The summed E-state index contributed by atoms with van der Waals surface area (Å²) in [4.78, 5) is 0. The molecular weight excluding hydrogens is 176 g/mol. The van der Waals surface area contributed by atoms with Gasteiger partial charge in [-0.05, 0) is 38.3 Å². The maximum absolute atomic E-state index is 5.33. The fraction of sp³-hybridized carbons (Fsp3) is 1.00. The molecule has 0 aliphatic carbocycles. The zero-order valence-electron chi connectivity index (χ0n) is 9.13. The lowest BCUT2D eigenvalue weighted by atomic mass is 9.93. The first-order valence-corrected chi connectivity index (χ1v) is 5.92. The molecule has 0 atom stereocenters. The summed E-state index contributed by atoms with van der Waals surface area (Å²) in [5.41, 5.74) is 5.33. The van der Waals surface area contributed by atoms with Gasteiger partial charge in [-0.3, -0.25) is 0 Å². The fourth-order valence-electron chi connectivity index (χ4n) is 1.99. The normalized spacial score (nSPS) is 18.6. The summed E-state index contributed by atoms with van der Waals surface area (Å²) in [6.07, 6.45) is 6.63. The van der Waals surface area contributed by atoms with Crippen LogP contribution in [-0.2, 0) is 4.74 Å². The molecule has 3 nitrogen and oxygen atoms in total. The van der Waals surface area contributed by atoms with Gasteiger partial charge >= 0.3 is 0 Å². The molecule has 14 heavy (non-hydrogen) atoms. The molecule has 1 rings (SSSR count). The van der Waals surface area contributed by atoms with Crippen LogP contribution in [0.4, 0.5) is 0 Å². The van der Waals surface area contributed by atoms with Gasteiger partial charge in [0.05, 0.1) is 6.61 Å². The Labute approximate surface area is 87.4 Å². The van der Waals surface area contributed by atoms with Crippen molar-refractivity contribution in [3.8, 4) is 0 Å². The van der Waals surface area contributed by atoms with Crippen LogP contribution >= 0.6 is 0 Å². The molecule has 1 saturated heterocycles. The zero-order chi connectivity index (χ0) is 10.1. The van der Waals surface area contributed by atoms with E-state index in [-0.39, 0.29) is 0 Å². The zero-order valence-corrected chi connectivity index (χ0v) is 9.13. The van der Waals surface area contributed by atoms with Crippen molar-refractivity contribution in [3.05, 3.63) is 0 Å². The minimum absolute atomic E-state index is 0.647. The van der Waals surface area contributed by atoms with Crippen LogP contribution in [0.15, 0.2) is 0 Å². The lowest BCUT2D eigenvalue weighted by molar-refractivity contribution is 0.135. The average molecular weight is 200 g/mol. The van der Waals surface area contributed by atoms with Crippen LogP contribution in [0, 0.1) is 5.92 Å². The highest BCUT2D eigenvalue weighted by Gasteiger charge is 2.11. The van der Waals surface area contributed by atoms with Crippen LogP contribution in [0.1, 0.15) is 32.1 Å². The van der Waals surface area contributed by atoms with Crippen molar-refractivity contribution < 1.29 is 4.74 Å². The van der Waals surface area contributed by atoms with E-state index in [1.165, 1.54) is 45.2 Å². The SMILES string of the molecule is NCCOCCCCC1CCNCC1. The van der Waals surface area contributed by atoms with Crippen LogP contribution in [0.25, 0.3) is 0 Å². The summed E-state index contributed by atoms with van der Waals surface area (Å²) < 4.78 is 5.33. The summed E-state index contributed by atoms with van der Waals surface area (Å²) >= 11 is 0. The highest BCUT2D eigenvalue weighted by atomic mass is 16.5. The van der Waals surface area contributed by atoms with E-state index in [9.17, 15) is 0 Å². The number of nitrogens with two attached hydrogens (primary N) is 1. The second-order valence-corrected chi connectivity index (χ2v) is 4.09. The van der Waals surface area contributed by atoms with Crippen molar-refractivity contribution in [2.45, 2.75) is 32.1 Å². The van der Waals surface area contributed by atoms with Gasteiger partial charge in [0.15, 0.2) is 0 Å². The van der Waals surface area contributed by atoms with Crippen molar-refractivity contribution in [3.63, 3.8) is 0 Å². The standard InChI is InChI=1S/C11H24N2O/c12-6-10-14-9-2-1-3-11-4-7-13-8-5-11/h11,13H,1-10,12H2. The quantitative estimate of drug-likeness (QED) is 0.606. The van der Waals surface area contributed by atoms with E-state index in [1.54, 1.807) is 0 Å². The smallest absolute Gasteiger partial charge is 0.0588 e. The monoisotopic (exact) mass is 200 g/mol. The Bertz CT molecular complexity index is 124. The molecule has 0 amide bonds. The van der Waals surface area contributed by atoms with E-state index < -0.39 is 0 Å². The van der Waals surface area contributed by atoms with Gasteiger partial charge in [-0.1, -0.05) is 12.8 Å². The van der Waals surface area contributed by atoms with Crippen molar-refractivity contribution in [1.29, 1.82) is 0 Å². The average Bonchev–Trinajstić information content (AvgIpc) is 2.25. The molecule has 0 aromatic carbocycles. The number of unbranched alkanes of at least 4 members (excludes halogenated alkanes) is 1. The number of hydrogen-bond acceptors (Lipinski definition) is 3. The lowest BCUT2D eigenvalue weighted by Gasteiger charge is -2.22. The van der Waals surface area contributed by atoms with Crippen molar-refractivity contribution in [2.24, 2.45) is 11.7 Å². The molecular formula is C11H24N2O. The molecule has 0 saturated carbocycles. The molecule has 1 fully saturated rings. The molecule has 0 aromatic heterocycles. The summed E-state index contributed by atoms with van der Waals surface area (Å²) in [5.74, 6) is 0.964. The molecule has 84 valence electrons. The number of ether oxygens (including phenoxy) is 1. The van der Waals surface area contributed by atoms with Crippen molar-refractivity contribution in [2.75, 3.05) is 32.8 Å². The maximum Gasteiger partial charge on any atom is 0.0588 e. The predicted octanol–water partition coefficient (Wildman–Crippen LogP) is 1.13. The Kier molecular flexibility index (Phi) is 7.01. The first kappa shape index (κ1) is 12.0. The first-order valence-electron chi connectivity index (χ1n) is 5.92. The molecule has 0 radical (unpaired) electrons. The molecule has 0 unspecified atom stereocenters. The van der Waals surface area contributed by atoms with Gasteiger partial charge in [0, 0.05) is 13.2 Å².